The summed E-state index contributed by atoms with van der Waals surface area (Å²) in [6, 6.07) is 0. The monoisotopic (exact) mass is 255 g/mol. The van der Waals surface area contributed by atoms with Gasteiger partial charge >= 0.3 is 0 Å². The number of amides is 1. The van der Waals surface area contributed by atoms with E-state index in [1.165, 1.54) is 11.3 Å². The van der Waals surface area contributed by atoms with Crippen LogP contribution in [-0.2, 0) is 4.79 Å². The SMILES string of the molecule is Cc1nc(NC(=O)CCC(C)CCN)sc1C. The summed E-state index contributed by atoms with van der Waals surface area (Å²) < 4.78 is 0. The van der Waals surface area contributed by atoms with E-state index in [9.17, 15) is 4.79 Å². The minimum absolute atomic E-state index is 0.0441. The first-order valence-corrected chi connectivity index (χ1v) is 6.78. The van der Waals surface area contributed by atoms with Gasteiger partial charge in [0.25, 0.3) is 0 Å². The topological polar surface area (TPSA) is 68.0 Å². The number of nitrogens with one attached hydrogen (secondary N) is 1. The summed E-state index contributed by atoms with van der Waals surface area (Å²) in [5.41, 5.74) is 6.46. The number of hydrogen-bond acceptors (Lipinski definition) is 4. The lowest BCUT2D eigenvalue weighted by atomic mass is 10.0. The van der Waals surface area contributed by atoms with Gasteiger partial charge in [0.15, 0.2) is 5.13 Å². The fourth-order valence-corrected chi connectivity index (χ4v) is 2.35. The summed E-state index contributed by atoms with van der Waals surface area (Å²) in [7, 11) is 0. The molecule has 0 aliphatic heterocycles. The van der Waals surface area contributed by atoms with Crippen LogP contribution in [0.25, 0.3) is 0 Å². The number of nitrogens with zero attached hydrogens (tertiary/aromatic N) is 1. The average Bonchev–Trinajstić information content (AvgIpc) is 2.55. The molecule has 0 saturated heterocycles. The minimum atomic E-state index is 0.0441. The van der Waals surface area contributed by atoms with E-state index in [0.717, 1.165) is 23.4 Å². The lowest BCUT2D eigenvalue weighted by Crippen LogP contribution is -2.13. The molecule has 1 amide bonds. The molecule has 17 heavy (non-hydrogen) atoms. The lowest BCUT2D eigenvalue weighted by Gasteiger charge is -2.08. The molecule has 3 N–H and O–H groups in total. The highest BCUT2D eigenvalue weighted by molar-refractivity contribution is 7.15. The average molecular weight is 255 g/mol. The Morgan fingerprint density at radius 3 is 2.71 bits per heavy atom. The zero-order valence-corrected chi connectivity index (χ0v) is 11.6. The summed E-state index contributed by atoms with van der Waals surface area (Å²) >= 11 is 1.52. The minimum Gasteiger partial charge on any atom is -0.330 e. The van der Waals surface area contributed by atoms with Gasteiger partial charge < -0.3 is 11.1 Å². The number of anilines is 1. The molecule has 1 rings (SSSR count). The highest BCUT2D eigenvalue weighted by atomic mass is 32.1. The van der Waals surface area contributed by atoms with E-state index in [1.54, 1.807) is 0 Å². The van der Waals surface area contributed by atoms with E-state index in [4.69, 9.17) is 5.73 Å². The first-order chi connectivity index (χ1) is 8.02. The summed E-state index contributed by atoms with van der Waals surface area (Å²) in [5, 5.41) is 3.54. The summed E-state index contributed by atoms with van der Waals surface area (Å²) in [5.74, 6) is 0.549. The van der Waals surface area contributed by atoms with Gasteiger partial charge in [0.2, 0.25) is 5.91 Å². The van der Waals surface area contributed by atoms with Crippen LogP contribution in [0.5, 0.6) is 0 Å². The van der Waals surface area contributed by atoms with Crippen molar-refractivity contribution in [2.45, 2.75) is 40.0 Å². The molecule has 1 unspecified atom stereocenters. The standard InChI is InChI=1S/C12H21N3OS/c1-8(6-7-13)4-5-11(16)15-12-14-9(2)10(3)17-12/h8H,4-7,13H2,1-3H3,(H,14,15,16). The van der Waals surface area contributed by atoms with Gasteiger partial charge in [-0.2, -0.15) is 0 Å². The second-order valence-electron chi connectivity index (χ2n) is 4.43. The summed E-state index contributed by atoms with van der Waals surface area (Å²) in [6.45, 7) is 6.77. The van der Waals surface area contributed by atoms with Gasteiger partial charge in [-0.1, -0.05) is 6.92 Å². The zero-order valence-electron chi connectivity index (χ0n) is 10.7. The number of aromatic nitrogens is 1. The Morgan fingerprint density at radius 1 is 1.47 bits per heavy atom. The van der Waals surface area contributed by atoms with Crippen LogP contribution >= 0.6 is 11.3 Å². The molecule has 5 heteroatoms. The van der Waals surface area contributed by atoms with Gasteiger partial charge in [-0.3, -0.25) is 4.79 Å². The Bertz CT molecular complexity index is 356. The number of carbonyl (C=O) groups excluding carboxylic acids is 1. The molecule has 0 fully saturated rings. The Hall–Kier alpha value is -0.940. The quantitative estimate of drug-likeness (QED) is 0.820. The first-order valence-electron chi connectivity index (χ1n) is 5.97. The second kappa shape index (κ2) is 6.71. The van der Waals surface area contributed by atoms with E-state index < -0.39 is 0 Å². The van der Waals surface area contributed by atoms with Crippen LogP contribution in [0.2, 0.25) is 0 Å². The van der Waals surface area contributed by atoms with Crippen molar-refractivity contribution in [3.8, 4) is 0 Å². The van der Waals surface area contributed by atoms with Crippen molar-refractivity contribution in [1.29, 1.82) is 0 Å². The number of aryl methyl sites for hydroxylation is 2. The molecule has 96 valence electrons. The van der Waals surface area contributed by atoms with Crippen molar-refractivity contribution in [2.24, 2.45) is 11.7 Å². The maximum atomic E-state index is 11.7. The molecule has 1 atom stereocenters. The fraction of sp³-hybridized carbons (Fsp3) is 0.667. The van der Waals surface area contributed by atoms with E-state index >= 15 is 0 Å². The smallest absolute Gasteiger partial charge is 0.226 e. The third-order valence-electron chi connectivity index (χ3n) is 2.80. The lowest BCUT2D eigenvalue weighted by molar-refractivity contribution is -0.116. The Kier molecular flexibility index (Phi) is 5.58. The van der Waals surface area contributed by atoms with Crippen LogP contribution in [0.15, 0.2) is 0 Å². The molecule has 0 aromatic carbocycles. The number of hydrogen-bond donors (Lipinski definition) is 2. The van der Waals surface area contributed by atoms with Crippen LogP contribution in [0, 0.1) is 19.8 Å². The molecule has 0 aliphatic rings. The van der Waals surface area contributed by atoms with Gasteiger partial charge in [0.1, 0.15) is 0 Å². The highest BCUT2D eigenvalue weighted by Gasteiger charge is 2.09. The maximum absolute atomic E-state index is 11.7. The number of carbonyl (C=O) groups is 1. The molecule has 0 spiro atoms. The predicted octanol–water partition coefficient (Wildman–Crippen LogP) is 2.46. The molecular formula is C12H21N3OS. The Morgan fingerprint density at radius 2 is 2.18 bits per heavy atom. The molecule has 0 aliphatic carbocycles. The third kappa shape index (κ3) is 4.83. The molecule has 1 aromatic rings. The van der Waals surface area contributed by atoms with Crippen molar-refractivity contribution in [2.75, 3.05) is 11.9 Å². The molecule has 0 radical (unpaired) electrons. The maximum Gasteiger partial charge on any atom is 0.226 e. The van der Waals surface area contributed by atoms with Gasteiger partial charge in [0, 0.05) is 11.3 Å². The van der Waals surface area contributed by atoms with Crippen LogP contribution in [-0.4, -0.2) is 17.4 Å². The second-order valence-corrected chi connectivity index (χ2v) is 5.63. The van der Waals surface area contributed by atoms with Crippen molar-refractivity contribution in [1.82, 2.24) is 4.98 Å². The molecule has 0 bridgehead atoms. The van der Waals surface area contributed by atoms with Crippen LogP contribution in [0.1, 0.15) is 36.8 Å². The third-order valence-corrected chi connectivity index (χ3v) is 3.79. The predicted molar refractivity (Wildman–Crippen MR) is 72.3 cm³/mol. The Labute approximate surface area is 107 Å². The molecular weight excluding hydrogens is 234 g/mol. The summed E-state index contributed by atoms with van der Waals surface area (Å²) in [4.78, 5) is 17.1. The van der Waals surface area contributed by atoms with Crippen LogP contribution in [0.3, 0.4) is 0 Å². The van der Waals surface area contributed by atoms with Crippen LogP contribution < -0.4 is 11.1 Å². The largest absolute Gasteiger partial charge is 0.330 e. The van der Waals surface area contributed by atoms with E-state index in [-0.39, 0.29) is 5.91 Å². The van der Waals surface area contributed by atoms with Crippen molar-refractivity contribution >= 4 is 22.4 Å². The van der Waals surface area contributed by atoms with E-state index in [1.807, 2.05) is 13.8 Å². The summed E-state index contributed by atoms with van der Waals surface area (Å²) in [6.07, 6.45) is 2.40. The van der Waals surface area contributed by atoms with Crippen molar-refractivity contribution < 1.29 is 4.79 Å². The van der Waals surface area contributed by atoms with Crippen molar-refractivity contribution in [3.05, 3.63) is 10.6 Å². The first kappa shape index (κ1) is 14.1. The Balaban J connectivity index is 2.34. The number of rotatable bonds is 6. The van der Waals surface area contributed by atoms with Crippen molar-refractivity contribution in [3.63, 3.8) is 0 Å². The van der Waals surface area contributed by atoms with E-state index in [0.29, 0.717) is 24.0 Å². The number of thiazole rings is 1. The van der Waals surface area contributed by atoms with Gasteiger partial charge in [-0.15, -0.1) is 11.3 Å². The highest BCUT2D eigenvalue weighted by Crippen LogP contribution is 2.21. The molecule has 1 heterocycles. The fourth-order valence-electron chi connectivity index (χ4n) is 1.51. The molecule has 1 aromatic heterocycles. The van der Waals surface area contributed by atoms with E-state index in [2.05, 4.69) is 17.2 Å². The number of nitrogens with two attached hydrogens (primary N) is 1. The van der Waals surface area contributed by atoms with Gasteiger partial charge in [0.05, 0.1) is 5.69 Å². The zero-order chi connectivity index (χ0) is 12.8. The van der Waals surface area contributed by atoms with Gasteiger partial charge in [-0.05, 0) is 39.2 Å². The van der Waals surface area contributed by atoms with Gasteiger partial charge in [-0.25, -0.2) is 4.98 Å². The van der Waals surface area contributed by atoms with Crippen LogP contribution in [0.4, 0.5) is 5.13 Å². The molecule has 0 saturated carbocycles. The normalized spacial score (nSPS) is 12.5. The molecule has 4 nitrogen and oxygen atoms in total.